The first-order valence-corrected chi connectivity index (χ1v) is 50.4. The Morgan fingerprint density at radius 3 is 1.08 bits per heavy atom. The van der Waals surface area contributed by atoms with Crippen LogP contribution in [0.25, 0.3) is 122 Å². The number of aromatic nitrogens is 12. The van der Waals surface area contributed by atoms with Gasteiger partial charge in [-0.25, -0.2) is 54.7 Å². The molecular weight excluding hydrogens is 1990 g/mol. The van der Waals surface area contributed by atoms with E-state index < -0.39 is 27.2 Å². The Morgan fingerprint density at radius 1 is 0.365 bits per heavy atom. The van der Waals surface area contributed by atoms with Gasteiger partial charge in [0.05, 0.1) is 24.0 Å². The number of rotatable bonds is 19. The van der Waals surface area contributed by atoms with E-state index in [4.69, 9.17) is 44.2 Å². The van der Waals surface area contributed by atoms with Gasteiger partial charge in [-0.3, -0.25) is 4.79 Å². The number of hydrogen-bond acceptors (Lipinski definition) is 20. The summed E-state index contributed by atoms with van der Waals surface area (Å²) in [6.07, 6.45) is 21.5. The molecule has 0 atom stereocenters. The van der Waals surface area contributed by atoms with E-state index in [1.807, 2.05) is 262 Å². The van der Waals surface area contributed by atoms with Crippen molar-refractivity contribution in [2.75, 3.05) is 21.3 Å². The molecule has 32 heteroatoms. The van der Waals surface area contributed by atoms with Crippen LogP contribution in [0.15, 0.2) is 428 Å². The van der Waals surface area contributed by atoms with Crippen molar-refractivity contribution in [3.05, 3.63) is 441 Å². The Hall–Kier alpha value is -14.7. The number of nitrogens with one attached hydrogen (secondary N) is 4. The van der Waals surface area contributed by atoms with E-state index >= 15 is 0 Å². The van der Waals surface area contributed by atoms with Crippen molar-refractivity contribution in [1.29, 1.82) is 0 Å². The van der Waals surface area contributed by atoms with Crippen LogP contribution >= 0.6 is 15.9 Å². The van der Waals surface area contributed by atoms with Gasteiger partial charge >= 0.3 is 66.2 Å². The Morgan fingerprint density at radius 2 is 0.689 bits per heavy atom. The van der Waals surface area contributed by atoms with Crippen molar-refractivity contribution in [3.63, 3.8) is 0 Å². The summed E-state index contributed by atoms with van der Waals surface area (Å²) >= 11 is 3.37. The van der Waals surface area contributed by atoms with Crippen LogP contribution in [0.4, 0.5) is 0 Å². The zero-order chi connectivity index (χ0) is 104. The Balaban J connectivity index is 0.000000210. The first-order valence-electron chi connectivity index (χ1n) is 46.7. The molecule has 0 unspecified atom stereocenters. The molecule has 0 saturated heterocycles. The molecule has 148 heavy (non-hydrogen) atoms. The van der Waals surface area contributed by atoms with Crippen molar-refractivity contribution in [3.8, 4) is 78.6 Å². The molecule has 0 aliphatic rings. The third kappa shape index (κ3) is 31.2. The second-order valence-corrected chi connectivity index (χ2v) is 35.3. The number of carbonyl (C=O) groups excluding carboxylic acids is 1. The normalized spacial score (nSPS) is 10.2. The molecule has 746 valence electrons. The minimum absolute atomic E-state index is 0. The molecule has 0 amide bonds. The Kier molecular flexibility index (Phi) is 47.7. The van der Waals surface area contributed by atoms with Gasteiger partial charge in [-0.2, -0.15) is 0 Å². The van der Waals surface area contributed by atoms with Crippen molar-refractivity contribution < 1.29 is 126 Å². The van der Waals surface area contributed by atoms with E-state index in [1.54, 1.807) is 136 Å². The van der Waals surface area contributed by atoms with Crippen LogP contribution in [-0.2, 0) is 42.9 Å². The summed E-state index contributed by atoms with van der Waals surface area (Å²) < 4.78 is 77.1. The fourth-order valence-electron chi connectivity index (χ4n) is 14.9. The number of fused-ring (bicyclic) bond motifs is 6. The summed E-state index contributed by atoms with van der Waals surface area (Å²) in [6, 6.07) is 108. The third-order valence-electron chi connectivity index (χ3n) is 21.8. The fourth-order valence-corrected chi connectivity index (χ4v) is 18.2. The van der Waals surface area contributed by atoms with Crippen LogP contribution < -0.4 is 88.8 Å². The Bertz CT molecular complexity index is 8010. The topological polar surface area (TPSA) is 366 Å². The van der Waals surface area contributed by atoms with Crippen LogP contribution in [0.1, 0.15) is 65.2 Å². The van der Waals surface area contributed by atoms with Crippen LogP contribution in [0.3, 0.4) is 0 Å². The van der Waals surface area contributed by atoms with Gasteiger partial charge in [0.15, 0.2) is 22.8 Å². The van der Waals surface area contributed by atoms with Gasteiger partial charge in [0, 0.05) is 146 Å². The molecule has 12 aromatic heterocycles. The molecule has 7 N–H and O–H groups in total. The number of hydrogen-bond donors (Lipinski definition) is 7. The second kappa shape index (κ2) is 60.4. The minimum Gasteiger partial charge on any atom is -1.00 e. The molecule has 22 aromatic rings. The largest absolute Gasteiger partial charge is 1.00 e. The zero-order valence-electron chi connectivity index (χ0n) is 85.4. The summed E-state index contributed by atoms with van der Waals surface area (Å²) in [5, 5.41) is 38.7. The number of nitrogens with zero attached hydrogens (tertiary/aromatic N) is 8. The summed E-state index contributed by atoms with van der Waals surface area (Å²) in [5.74, 6) is 3.18. The molecule has 12 heterocycles. The quantitative estimate of drug-likeness (QED) is 0.0171. The number of H-pyrrole nitrogens is 4. The van der Waals surface area contributed by atoms with E-state index in [0.29, 0.717) is 34.4 Å². The van der Waals surface area contributed by atoms with Crippen LogP contribution in [-0.4, -0.2) is 125 Å². The standard InChI is InChI=1S/C20H16N2O2S.2C20H16N2O.C15H14N2O2.C14H11BrN2O2S.C13H10N2.C6H7BO2.3C2H6.CH2O3.CH4O.2Na.H/c1-15-9-11-17(12-10-15)25(23,24)22-14-19(16-6-3-2-4-7-16)18-8-5-13-21-20(18)22;1-2-6-15(7-3-1)14-23-17-9-4-8-16(12-17)19-13-22-20-18(19)10-5-11-21-20;1-2-5-15(6-3-1)14-23-17-10-8-16(9-11-17)19-13-22-20-18(19)7-4-12-21-20;1-18-13-6-5-10(8-14(13)19-2)12-9-17-15-11(12)4-3-7-16-15;1-10-4-6-11(7-5-10)20(18,19)17-9-13(15)12-3-2-8-16-14(12)17;1-2-5-10(6-3-1)12-9-15-13-11(12)7-4-8-14-13;8-7(9)6-4-2-1-3-5-6;3*1-2;2-1-4-3;1-2;;;/h2-14H,1H3;2*1-13H,14H2,(H,21,22);3-9H,1-2H3,(H,16,17);2-9H,1H3;1-9H,(H,14,15);1-5,8-9H;3*1-2H3;1,3H;2H,1H3;;;/q;;;;;;;;;;;;2*+1;-1/p-1. The van der Waals surface area contributed by atoms with E-state index in [1.165, 1.54) is 36.2 Å². The molecule has 22 rings (SSSR count). The van der Waals surface area contributed by atoms with E-state index in [2.05, 4.69) is 150 Å². The molecule has 0 aliphatic carbocycles. The number of aryl methyl sites for hydroxylation is 2. The number of aliphatic hydroxyl groups excluding tert-OH is 1. The smallest absolute Gasteiger partial charge is 1.00 e. The van der Waals surface area contributed by atoms with Gasteiger partial charge in [-0.05, 0) is 208 Å². The van der Waals surface area contributed by atoms with Crippen LogP contribution in [0.2, 0.25) is 0 Å². The summed E-state index contributed by atoms with van der Waals surface area (Å²) in [4.78, 5) is 50.2. The summed E-state index contributed by atoms with van der Waals surface area (Å²) in [6.45, 7) is 16.8. The average molecular weight is 2100 g/mol. The molecule has 0 fully saturated rings. The third-order valence-corrected chi connectivity index (χ3v) is 25.7. The monoisotopic (exact) mass is 2100 g/mol. The fraction of sp³-hybridized carbons (Fsp3) is 0.112. The summed E-state index contributed by atoms with van der Waals surface area (Å²) in [5.41, 5.74) is 20.3. The van der Waals surface area contributed by atoms with Crippen LogP contribution in [0, 0.1) is 13.8 Å². The first-order chi connectivity index (χ1) is 71.4. The van der Waals surface area contributed by atoms with Crippen molar-refractivity contribution in [2.45, 2.75) is 78.4 Å². The number of aromatic amines is 4. The molecule has 0 bridgehead atoms. The second-order valence-electron chi connectivity index (χ2n) is 30.8. The number of carbonyl (C=O) groups is 1. The first kappa shape index (κ1) is 117. The minimum atomic E-state index is -3.72. The van der Waals surface area contributed by atoms with Gasteiger partial charge in [0.2, 0.25) is 0 Å². The maximum absolute atomic E-state index is 13.1. The molecule has 10 aromatic carbocycles. The zero-order valence-corrected chi connectivity index (χ0v) is 91.7. The van der Waals surface area contributed by atoms with E-state index in [9.17, 15) is 16.8 Å². The van der Waals surface area contributed by atoms with Crippen LogP contribution in [0.5, 0.6) is 23.0 Å². The predicted octanol–water partition coefficient (Wildman–Crippen LogP) is 18.3. The number of aliphatic hydroxyl groups is 1. The number of pyridine rings is 6. The maximum Gasteiger partial charge on any atom is 1.00 e. The van der Waals surface area contributed by atoms with Gasteiger partial charge in [-0.1, -0.05) is 259 Å². The molecular formula is C116H114BBrN12Na2O14S2. The molecule has 0 spiro atoms. The van der Waals surface area contributed by atoms with E-state index in [0.717, 1.165) is 141 Å². The maximum atomic E-state index is 13.1. The van der Waals surface area contributed by atoms with Crippen molar-refractivity contribution in [1.82, 2.24) is 57.8 Å². The SMILES string of the molecule is CC.CC.CC.CO.COc1ccc(-c2c[nH]c3ncccc23)cc1OC.Cc1ccc(S(=O)(=O)n2cc(-c3ccccc3)c3cccnc32)cc1.Cc1ccc(S(=O)(=O)n2cc(Br)c3cccnc32)cc1.O=CO[O-].OB(O)c1ccccc1.[H-].[Na+].[Na+].c1ccc(-c2c[nH]c3ncccc23)cc1.c1ccc(COc2ccc(-c3c[nH]c4ncccc34)cc2)cc1.c1ccc(COc2cccc(-c3c[nH]c4ncccc34)c2)cc1. The molecule has 0 radical (unpaired) electrons. The van der Waals surface area contributed by atoms with Crippen molar-refractivity contribution >= 4 is 121 Å². The van der Waals surface area contributed by atoms with Gasteiger partial charge in [-0.15, -0.1) is 0 Å². The van der Waals surface area contributed by atoms with Gasteiger partial charge in [0.25, 0.3) is 26.5 Å². The summed E-state index contributed by atoms with van der Waals surface area (Å²) in [7, 11) is -4.42. The predicted molar refractivity (Wildman–Crippen MR) is 588 cm³/mol. The van der Waals surface area contributed by atoms with E-state index in [-0.39, 0.29) is 76.8 Å². The average Bonchev–Trinajstić information content (AvgIpc) is 1.60. The Labute approximate surface area is 916 Å². The number of benzene rings is 10. The molecule has 26 nitrogen and oxygen atoms in total. The molecule has 0 aliphatic heterocycles. The van der Waals surface area contributed by atoms with Gasteiger partial charge in [0.1, 0.15) is 47.3 Å². The van der Waals surface area contributed by atoms with Gasteiger partial charge < -0.3 is 65.6 Å². The number of halogens is 1. The molecule has 0 saturated carbocycles. The number of ether oxygens (including phenoxy) is 4. The van der Waals surface area contributed by atoms with Crippen molar-refractivity contribution in [2.24, 2.45) is 0 Å². The number of methoxy groups -OCH3 is 2.